The van der Waals surface area contributed by atoms with Crippen molar-refractivity contribution in [1.29, 1.82) is 0 Å². The van der Waals surface area contributed by atoms with Gasteiger partial charge in [-0.05, 0) is 36.2 Å². The Balaban J connectivity index is 1.75. The van der Waals surface area contributed by atoms with Crippen molar-refractivity contribution in [2.45, 2.75) is 24.7 Å². The molecule has 0 aliphatic heterocycles. The average Bonchev–Trinajstić information content (AvgIpc) is 3.11. The monoisotopic (exact) mass is 401 g/mol. The first kappa shape index (κ1) is 19.1. The van der Waals surface area contributed by atoms with Gasteiger partial charge in [0.1, 0.15) is 0 Å². The van der Waals surface area contributed by atoms with Crippen molar-refractivity contribution >= 4 is 38.1 Å². The molecule has 1 aromatic heterocycles. The number of carbonyl (C=O) groups excluding carboxylic acids is 1. The van der Waals surface area contributed by atoms with Gasteiger partial charge in [0.2, 0.25) is 0 Å². The summed E-state index contributed by atoms with van der Waals surface area (Å²) >= 11 is 1.36. The highest BCUT2D eigenvalue weighted by Gasteiger charge is 2.15. The van der Waals surface area contributed by atoms with E-state index in [0.29, 0.717) is 16.4 Å². The van der Waals surface area contributed by atoms with Crippen molar-refractivity contribution in [3.05, 3.63) is 71.2 Å². The first-order valence-electron chi connectivity index (χ1n) is 8.30. The van der Waals surface area contributed by atoms with E-state index in [4.69, 9.17) is 0 Å². The zero-order chi connectivity index (χ0) is 19.4. The number of benzene rings is 2. The fraction of sp³-hybridized carbons (Fsp3) is 0.158. The molecular formula is C19H19N3O3S2. The largest absolute Gasteiger partial charge is 0.298 e. The maximum absolute atomic E-state index is 12.5. The van der Waals surface area contributed by atoms with Gasteiger partial charge in [0.15, 0.2) is 5.13 Å². The topological polar surface area (TPSA) is 88.2 Å². The average molecular weight is 402 g/mol. The first-order valence-corrected chi connectivity index (χ1v) is 10.7. The number of nitrogens with zero attached hydrogens (tertiary/aromatic N) is 1. The van der Waals surface area contributed by atoms with E-state index in [1.54, 1.807) is 36.4 Å². The number of carbonyl (C=O) groups is 1. The first-order chi connectivity index (χ1) is 12.8. The minimum Gasteiger partial charge on any atom is -0.298 e. The van der Waals surface area contributed by atoms with Gasteiger partial charge in [-0.1, -0.05) is 38.1 Å². The molecule has 0 aliphatic rings. The van der Waals surface area contributed by atoms with E-state index in [1.165, 1.54) is 29.5 Å². The van der Waals surface area contributed by atoms with Crippen LogP contribution in [0.3, 0.4) is 0 Å². The highest BCUT2D eigenvalue weighted by Crippen LogP contribution is 2.23. The molecule has 0 aliphatic carbocycles. The second kappa shape index (κ2) is 7.89. The predicted octanol–water partition coefficient (Wildman–Crippen LogP) is 4.32. The minimum atomic E-state index is -3.71. The van der Waals surface area contributed by atoms with Crippen LogP contribution in [0.5, 0.6) is 0 Å². The molecule has 0 saturated heterocycles. The van der Waals surface area contributed by atoms with Crippen LogP contribution in [0.15, 0.2) is 64.9 Å². The van der Waals surface area contributed by atoms with Crippen molar-refractivity contribution in [2.24, 2.45) is 0 Å². The number of thiazole rings is 1. The van der Waals surface area contributed by atoms with Crippen LogP contribution in [0.4, 0.5) is 10.8 Å². The van der Waals surface area contributed by atoms with Gasteiger partial charge in [-0.25, -0.2) is 13.4 Å². The van der Waals surface area contributed by atoms with Crippen LogP contribution in [0.1, 0.15) is 35.8 Å². The lowest BCUT2D eigenvalue weighted by molar-refractivity contribution is 0.102. The molecule has 27 heavy (non-hydrogen) atoms. The molecule has 0 saturated carbocycles. The Morgan fingerprint density at radius 3 is 2.48 bits per heavy atom. The molecule has 2 aromatic carbocycles. The summed E-state index contributed by atoms with van der Waals surface area (Å²) < 4.78 is 27.3. The van der Waals surface area contributed by atoms with Crippen molar-refractivity contribution in [1.82, 2.24) is 4.98 Å². The Morgan fingerprint density at radius 1 is 1.07 bits per heavy atom. The lowest BCUT2D eigenvalue weighted by Crippen LogP contribution is -2.15. The Kier molecular flexibility index (Phi) is 5.57. The van der Waals surface area contributed by atoms with E-state index in [9.17, 15) is 13.2 Å². The van der Waals surface area contributed by atoms with Gasteiger partial charge in [-0.2, -0.15) is 0 Å². The molecule has 3 rings (SSSR count). The molecule has 0 fully saturated rings. The van der Waals surface area contributed by atoms with Crippen molar-refractivity contribution in [2.75, 3.05) is 10.0 Å². The van der Waals surface area contributed by atoms with E-state index in [1.807, 2.05) is 19.2 Å². The third kappa shape index (κ3) is 4.72. The zero-order valence-electron chi connectivity index (χ0n) is 14.8. The summed E-state index contributed by atoms with van der Waals surface area (Å²) in [6.07, 6.45) is 0. The highest BCUT2D eigenvalue weighted by molar-refractivity contribution is 7.92. The molecule has 8 heteroatoms. The van der Waals surface area contributed by atoms with Crippen molar-refractivity contribution < 1.29 is 13.2 Å². The molecule has 1 amide bonds. The number of hydrogen-bond donors (Lipinski definition) is 2. The summed E-state index contributed by atoms with van der Waals surface area (Å²) in [5, 5.41) is 5.17. The molecule has 0 bridgehead atoms. The fourth-order valence-electron chi connectivity index (χ4n) is 2.32. The van der Waals surface area contributed by atoms with Crippen molar-refractivity contribution in [3.63, 3.8) is 0 Å². The van der Waals surface area contributed by atoms with Gasteiger partial charge >= 0.3 is 0 Å². The quantitative estimate of drug-likeness (QED) is 0.644. The molecule has 140 valence electrons. The Labute approximate surface area is 162 Å². The van der Waals surface area contributed by atoms with E-state index in [-0.39, 0.29) is 16.7 Å². The van der Waals surface area contributed by atoms with E-state index < -0.39 is 10.0 Å². The lowest BCUT2D eigenvalue weighted by Gasteiger charge is -2.09. The van der Waals surface area contributed by atoms with Gasteiger partial charge in [0.25, 0.3) is 15.9 Å². The van der Waals surface area contributed by atoms with E-state index in [2.05, 4.69) is 15.0 Å². The number of amides is 1. The summed E-state index contributed by atoms with van der Waals surface area (Å²) in [5.74, 6) is -0.0666. The van der Waals surface area contributed by atoms with Gasteiger partial charge < -0.3 is 0 Å². The Morgan fingerprint density at radius 2 is 1.81 bits per heavy atom. The second-order valence-electron chi connectivity index (χ2n) is 6.19. The summed E-state index contributed by atoms with van der Waals surface area (Å²) in [6.45, 7) is 4.06. The summed E-state index contributed by atoms with van der Waals surface area (Å²) in [6, 6.07) is 14.4. The third-order valence-electron chi connectivity index (χ3n) is 3.76. The van der Waals surface area contributed by atoms with Crippen LogP contribution in [0, 0.1) is 0 Å². The number of aromatic nitrogens is 1. The van der Waals surface area contributed by atoms with Gasteiger partial charge in [-0.15, -0.1) is 11.3 Å². The van der Waals surface area contributed by atoms with Crippen LogP contribution < -0.4 is 10.0 Å². The summed E-state index contributed by atoms with van der Waals surface area (Å²) in [7, 11) is -3.71. The SMILES string of the molecule is CC(C)c1csc(NC(=O)c2cccc(NS(=O)(=O)c3ccccc3)c2)n1. The fourth-order valence-corrected chi connectivity index (χ4v) is 4.25. The summed E-state index contributed by atoms with van der Waals surface area (Å²) in [5.41, 5.74) is 1.57. The van der Waals surface area contributed by atoms with Crippen LogP contribution >= 0.6 is 11.3 Å². The van der Waals surface area contributed by atoms with Crippen LogP contribution in [0.25, 0.3) is 0 Å². The van der Waals surface area contributed by atoms with E-state index >= 15 is 0 Å². The van der Waals surface area contributed by atoms with Crippen LogP contribution in [-0.4, -0.2) is 19.3 Å². The predicted molar refractivity (Wildman–Crippen MR) is 108 cm³/mol. The molecule has 3 aromatic rings. The normalized spacial score (nSPS) is 11.4. The summed E-state index contributed by atoms with van der Waals surface area (Å²) in [4.78, 5) is 17.0. The third-order valence-corrected chi connectivity index (χ3v) is 5.94. The van der Waals surface area contributed by atoms with Gasteiger partial charge in [0.05, 0.1) is 10.6 Å². The standard InChI is InChI=1S/C19H19N3O3S2/c1-13(2)17-12-26-19(20-17)21-18(23)14-7-6-8-15(11-14)22-27(24,25)16-9-4-3-5-10-16/h3-13,22H,1-2H3,(H,20,21,23). The maximum atomic E-state index is 12.5. The molecule has 6 nitrogen and oxygen atoms in total. The van der Waals surface area contributed by atoms with Crippen molar-refractivity contribution in [3.8, 4) is 0 Å². The molecule has 0 radical (unpaired) electrons. The Bertz CT molecular complexity index is 1040. The van der Waals surface area contributed by atoms with Gasteiger partial charge in [-0.3, -0.25) is 14.8 Å². The van der Waals surface area contributed by atoms with Gasteiger partial charge in [0, 0.05) is 16.6 Å². The van der Waals surface area contributed by atoms with Crippen LogP contribution in [0.2, 0.25) is 0 Å². The molecule has 0 unspecified atom stereocenters. The molecular weight excluding hydrogens is 382 g/mol. The number of hydrogen-bond acceptors (Lipinski definition) is 5. The smallest absolute Gasteiger partial charge is 0.261 e. The van der Waals surface area contributed by atoms with E-state index in [0.717, 1.165) is 5.69 Å². The number of sulfonamides is 1. The van der Waals surface area contributed by atoms with Crippen LogP contribution in [-0.2, 0) is 10.0 Å². The molecule has 2 N–H and O–H groups in total. The molecule has 0 atom stereocenters. The second-order valence-corrected chi connectivity index (χ2v) is 8.73. The lowest BCUT2D eigenvalue weighted by atomic mass is 10.2. The number of anilines is 2. The molecule has 1 heterocycles. The number of nitrogens with one attached hydrogen (secondary N) is 2. The zero-order valence-corrected chi connectivity index (χ0v) is 16.5. The Hall–Kier alpha value is -2.71. The maximum Gasteiger partial charge on any atom is 0.261 e. The molecule has 0 spiro atoms. The number of rotatable bonds is 6. The minimum absolute atomic E-state index is 0.156. The highest BCUT2D eigenvalue weighted by atomic mass is 32.2.